The summed E-state index contributed by atoms with van der Waals surface area (Å²) in [5.74, 6) is 0. The Labute approximate surface area is 89.1 Å². The molecule has 0 saturated carbocycles. The summed E-state index contributed by atoms with van der Waals surface area (Å²) in [6.07, 6.45) is -7.77. The Morgan fingerprint density at radius 1 is 1.19 bits per heavy atom. The van der Waals surface area contributed by atoms with Gasteiger partial charge >= 0.3 is 6.18 Å². The fourth-order valence-electron chi connectivity index (χ4n) is 1.27. The predicted molar refractivity (Wildman–Crippen MR) is 49.0 cm³/mol. The van der Waals surface area contributed by atoms with Gasteiger partial charge in [0.1, 0.15) is 0 Å². The number of benzene rings is 1. The van der Waals surface area contributed by atoms with Gasteiger partial charge in [-0.3, -0.25) is 0 Å². The molecule has 1 aromatic rings. The first-order valence-electron chi connectivity index (χ1n) is 4.51. The van der Waals surface area contributed by atoms with E-state index >= 15 is 0 Å². The third kappa shape index (κ3) is 3.44. The quantitative estimate of drug-likeness (QED) is 0.804. The van der Waals surface area contributed by atoms with Gasteiger partial charge in [0.05, 0.1) is 5.56 Å². The first kappa shape index (κ1) is 12.9. The molecular formula is C10H10F5N. The number of rotatable bonds is 3. The maximum atomic E-state index is 12.3. The first-order chi connectivity index (χ1) is 7.30. The van der Waals surface area contributed by atoms with Crippen LogP contribution in [0.4, 0.5) is 22.0 Å². The van der Waals surface area contributed by atoms with Crippen molar-refractivity contribution in [3.05, 3.63) is 35.4 Å². The zero-order valence-corrected chi connectivity index (χ0v) is 8.14. The summed E-state index contributed by atoms with van der Waals surface area (Å²) in [4.78, 5) is 0. The summed E-state index contributed by atoms with van der Waals surface area (Å²) in [5.41, 5.74) is 4.55. The summed E-state index contributed by atoms with van der Waals surface area (Å²) >= 11 is 0. The van der Waals surface area contributed by atoms with Crippen LogP contribution in [0, 0.1) is 0 Å². The molecule has 16 heavy (non-hydrogen) atoms. The van der Waals surface area contributed by atoms with Gasteiger partial charge in [0.2, 0.25) is 6.43 Å². The van der Waals surface area contributed by atoms with Crippen molar-refractivity contribution in [1.82, 2.24) is 0 Å². The number of hydrogen-bond donors (Lipinski definition) is 1. The van der Waals surface area contributed by atoms with Crippen LogP contribution in [0.1, 0.15) is 23.6 Å². The predicted octanol–water partition coefficient (Wildman–Crippen LogP) is 3.36. The van der Waals surface area contributed by atoms with E-state index in [1.165, 1.54) is 6.07 Å². The smallest absolute Gasteiger partial charge is 0.324 e. The van der Waals surface area contributed by atoms with Crippen LogP contribution in [0.5, 0.6) is 0 Å². The molecule has 1 aromatic carbocycles. The van der Waals surface area contributed by atoms with E-state index in [-0.39, 0.29) is 5.56 Å². The third-order valence-corrected chi connectivity index (χ3v) is 2.07. The number of hydrogen-bond acceptors (Lipinski definition) is 1. The van der Waals surface area contributed by atoms with E-state index < -0.39 is 30.6 Å². The maximum absolute atomic E-state index is 12.3. The molecule has 0 radical (unpaired) electrons. The van der Waals surface area contributed by atoms with E-state index in [1.807, 2.05) is 0 Å². The lowest BCUT2D eigenvalue weighted by Gasteiger charge is -2.13. The molecule has 2 N–H and O–H groups in total. The topological polar surface area (TPSA) is 26.0 Å². The fraction of sp³-hybridized carbons (Fsp3) is 0.400. The van der Waals surface area contributed by atoms with Gasteiger partial charge < -0.3 is 5.73 Å². The van der Waals surface area contributed by atoms with Gasteiger partial charge in [-0.25, -0.2) is 8.78 Å². The maximum Gasteiger partial charge on any atom is 0.416 e. The molecule has 0 amide bonds. The number of alkyl halides is 5. The minimum Gasteiger partial charge on any atom is -0.324 e. The van der Waals surface area contributed by atoms with E-state index in [9.17, 15) is 22.0 Å². The lowest BCUT2D eigenvalue weighted by atomic mass is 10.0. The number of halogens is 5. The monoisotopic (exact) mass is 239 g/mol. The Morgan fingerprint density at radius 2 is 1.81 bits per heavy atom. The highest BCUT2D eigenvalue weighted by Crippen LogP contribution is 2.31. The molecule has 0 spiro atoms. The molecule has 0 saturated heterocycles. The van der Waals surface area contributed by atoms with Crippen LogP contribution in [0.25, 0.3) is 0 Å². The average molecular weight is 239 g/mol. The van der Waals surface area contributed by atoms with Crippen molar-refractivity contribution in [2.75, 3.05) is 0 Å². The van der Waals surface area contributed by atoms with Gasteiger partial charge in [-0.15, -0.1) is 0 Å². The third-order valence-electron chi connectivity index (χ3n) is 2.07. The molecule has 0 fully saturated rings. The van der Waals surface area contributed by atoms with Crippen molar-refractivity contribution in [3.8, 4) is 0 Å². The largest absolute Gasteiger partial charge is 0.416 e. The van der Waals surface area contributed by atoms with Crippen LogP contribution in [-0.2, 0) is 6.18 Å². The van der Waals surface area contributed by atoms with Gasteiger partial charge in [-0.1, -0.05) is 12.1 Å². The molecule has 1 nitrogen and oxygen atoms in total. The summed E-state index contributed by atoms with van der Waals surface area (Å²) in [7, 11) is 0. The summed E-state index contributed by atoms with van der Waals surface area (Å²) in [5, 5.41) is 0. The molecule has 0 bridgehead atoms. The first-order valence-corrected chi connectivity index (χ1v) is 4.51. The summed E-state index contributed by atoms with van der Waals surface area (Å²) in [6.45, 7) is 0. The van der Waals surface area contributed by atoms with E-state index in [0.717, 1.165) is 18.2 Å². The Bertz CT molecular complexity index is 347. The van der Waals surface area contributed by atoms with E-state index in [2.05, 4.69) is 0 Å². The SMILES string of the molecule is N[C@H](CC(F)F)c1cccc(C(F)(F)F)c1. The molecule has 0 aliphatic rings. The van der Waals surface area contributed by atoms with Crippen LogP contribution >= 0.6 is 0 Å². The van der Waals surface area contributed by atoms with Crippen molar-refractivity contribution in [3.63, 3.8) is 0 Å². The summed E-state index contributed by atoms with van der Waals surface area (Å²) in [6, 6.07) is 3.06. The van der Waals surface area contributed by atoms with E-state index in [1.54, 1.807) is 0 Å². The lowest BCUT2D eigenvalue weighted by Crippen LogP contribution is -2.15. The molecule has 0 unspecified atom stereocenters. The highest BCUT2D eigenvalue weighted by Gasteiger charge is 2.30. The van der Waals surface area contributed by atoms with Crippen LogP contribution in [0.2, 0.25) is 0 Å². The van der Waals surface area contributed by atoms with Gasteiger partial charge in [-0.2, -0.15) is 13.2 Å². The lowest BCUT2D eigenvalue weighted by molar-refractivity contribution is -0.137. The number of nitrogens with two attached hydrogens (primary N) is 1. The Balaban J connectivity index is 2.90. The van der Waals surface area contributed by atoms with Gasteiger partial charge in [0, 0.05) is 12.5 Å². The molecule has 1 rings (SSSR count). The average Bonchev–Trinajstić information content (AvgIpc) is 2.15. The van der Waals surface area contributed by atoms with Gasteiger partial charge in [0.15, 0.2) is 0 Å². The van der Waals surface area contributed by atoms with Crippen molar-refractivity contribution < 1.29 is 22.0 Å². The minimum atomic E-state index is -4.49. The van der Waals surface area contributed by atoms with Crippen molar-refractivity contribution in [2.45, 2.75) is 25.1 Å². The van der Waals surface area contributed by atoms with Crippen molar-refractivity contribution in [1.29, 1.82) is 0 Å². The minimum absolute atomic E-state index is 0.0649. The molecule has 0 heterocycles. The normalized spacial score (nSPS) is 14.2. The molecule has 90 valence electrons. The van der Waals surface area contributed by atoms with Crippen LogP contribution < -0.4 is 5.73 Å². The Morgan fingerprint density at radius 3 is 2.31 bits per heavy atom. The highest BCUT2D eigenvalue weighted by atomic mass is 19.4. The zero-order valence-electron chi connectivity index (χ0n) is 8.14. The second kappa shape index (κ2) is 4.78. The molecule has 0 aliphatic heterocycles. The van der Waals surface area contributed by atoms with E-state index in [4.69, 9.17) is 5.73 Å². The van der Waals surface area contributed by atoms with E-state index in [0.29, 0.717) is 0 Å². The van der Waals surface area contributed by atoms with Crippen LogP contribution in [-0.4, -0.2) is 6.43 Å². The second-order valence-electron chi connectivity index (χ2n) is 3.36. The molecule has 1 atom stereocenters. The molecule has 0 aromatic heterocycles. The van der Waals surface area contributed by atoms with Gasteiger partial charge in [-0.05, 0) is 17.7 Å². The fourth-order valence-corrected chi connectivity index (χ4v) is 1.27. The molecule has 6 heteroatoms. The van der Waals surface area contributed by atoms with Crippen molar-refractivity contribution in [2.24, 2.45) is 5.73 Å². The Kier molecular flexibility index (Phi) is 3.85. The molecular weight excluding hydrogens is 229 g/mol. The summed E-state index contributed by atoms with van der Waals surface area (Å²) < 4.78 is 60.9. The standard InChI is InChI=1S/C10H10F5N/c11-9(12)5-8(16)6-2-1-3-7(4-6)10(13,14)15/h1-4,8-9H,5,16H2/t8-/m1/s1. The van der Waals surface area contributed by atoms with Crippen LogP contribution in [0.3, 0.4) is 0 Å². The van der Waals surface area contributed by atoms with Crippen molar-refractivity contribution >= 4 is 0 Å². The zero-order chi connectivity index (χ0) is 12.3. The second-order valence-corrected chi connectivity index (χ2v) is 3.36. The molecule has 0 aliphatic carbocycles. The Hall–Kier alpha value is -1.17. The highest BCUT2D eigenvalue weighted by molar-refractivity contribution is 5.27. The van der Waals surface area contributed by atoms with Gasteiger partial charge in [0.25, 0.3) is 0 Å². The van der Waals surface area contributed by atoms with Crippen LogP contribution in [0.15, 0.2) is 24.3 Å².